The van der Waals surface area contributed by atoms with Crippen LogP contribution in [-0.4, -0.2) is 65.5 Å². The zero-order chi connectivity index (χ0) is 23.5. The van der Waals surface area contributed by atoms with Crippen molar-refractivity contribution in [2.75, 3.05) is 38.7 Å². The van der Waals surface area contributed by atoms with Crippen LogP contribution in [0.25, 0.3) is 11.1 Å². The zero-order valence-corrected chi connectivity index (χ0v) is 18.9. The number of morpholine rings is 1. The highest BCUT2D eigenvalue weighted by Gasteiger charge is 2.28. The van der Waals surface area contributed by atoms with E-state index in [9.17, 15) is 9.59 Å². The van der Waals surface area contributed by atoms with Gasteiger partial charge in [-0.3, -0.25) is 14.6 Å². The topological polar surface area (TPSA) is 115 Å². The van der Waals surface area contributed by atoms with Crippen molar-refractivity contribution in [3.63, 3.8) is 0 Å². The number of aryl methyl sites for hydroxylation is 1. The average molecular weight is 447 g/mol. The Hall–Kier alpha value is -3.85. The molecule has 1 saturated heterocycles. The number of hydrogen-bond acceptors (Lipinski definition) is 7. The van der Waals surface area contributed by atoms with Crippen molar-refractivity contribution in [3.8, 4) is 11.1 Å². The molecule has 3 aromatic rings. The van der Waals surface area contributed by atoms with E-state index in [4.69, 9.17) is 10.5 Å². The number of primary amides is 1. The van der Waals surface area contributed by atoms with Crippen molar-refractivity contribution < 1.29 is 14.3 Å². The normalized spacial score (nSPS) is 15.8. The van der Waals surface area contributed by atoms with Gasteiger partial charge >= 0.3 is 0 Å². The summed E-state index contributed by atoms with van der Waals surface area (Å²) in [7, 11) is 3.68. The summed E-state index contributed by atoms with van der Waals surface area (Å²) in [6, 6.07) is 12.6. The molecule has 0 radical (unpaired) electrons. The van der Waals surface area contributed by atoms with Crippen LogP contribution >= 0.6 is 0 Å². The van der Waals surface area contributed by atoms with Gasteiger partial charge in [-0.25, -0.2) is 9.97 Å². The molecule has 0 aliphatic carbocycles. The minimum atomic E-state index is -0.474. The van der Waals surface area contributed by atoms with E-state index in [1.165, 1.54) is 0 Å². The van der Waals surface area contributed by atoms with E-state index in [0.717, 1.165) is 22.5 Å². The smallest absolute Gasteiger partial charge is 0.272 e. The van der Waals surface area contributed by atoms with Gasteiger partial charge in [0, 0.05) is 43.7 Å². The molecule has 2 N–H and O–H groups in total. The van der Waals surface area contributed by atoms with Crippen LogP contribution in [0.2, 0.25) is 0 Å². The largest absolute Gasteiger partial charge is 0.368 e. The highest BCUT2D eigenvalue weighted by Crippen LogP contribution is 2.25. The van der Waals surface area contributed by atoms with Crippen LogP contribution in [0.1, 0.15) is 38.3 Å². The van der Waals surface area contributed by atoms with Crippen molar-refractivity contribution in [2.24, 2.45) is 5.73 Å². The van der Waals surface area contributed by atoms with Gasteiger partial charge in [0.25, 0.3) is 5.91 Å². The molecule has 0 spiro atoms. The second-order valence-corrected chi connectivity index (χ2v) is 8.12. The van der Waals surface area contributed by atoms with Crippen molar-refractivity contribution in [3.05, 3.63) is 71.3 Å². The Labute approximate surface area is 192 Å². The summed E-state index contributed by atoms with van der Waals surface area (Å²) in [4.78, 5) is 41.4. The Morgan fingerprint density at radius 3 is 2.64 bits per heavy atom. The molecule has 2 amide bonds. The molecule has 0 saturated carbocycles. The molecule has 2 aromatic heterocycles. The van der Waals surface area contributed by atoms with Gasteiger partial charge in [0.05, 0.1) is 18.8 Å². The Balaban J connectivity index is 1.50. The first-order valence-corrected chi connectivity index (χ1v) is 10.6. The number of ether oxygens (including phenoxy) is 1. The van der Waals surface area contributed by atoms with Crippen LogP contribution in [0, 0.1) is 6.92 Å². The SMILES string of the molecule is Cc1cc(C(=O)N2CCO[C@@H](c3ccc(-c4cccc(C(N)=O)c4)cn3)C2)nc(N(C)C)n1. The molecular formula is C24H26N6O3. The van der Waals surface area contributed by atoms with Crippen molar-refractivity contribution >= 4 is 17.8 Å². The van der Waals surface area contributed by atoms with Gasteiger partial charge in [-0.05, 0) is 36.8 Å². The lowest BCUT2D eigenvalue weighted by molar-refractivity contribution is -0.0249. The van der Waals surface area contributed by atoms with Crippen LogP contribution in [0.4, 0.5) is 5.95 Å². The number of pyridine rings is 1. The molecule has 0 unspecified atom stereocenters. The van der Waals surface area contributed by atoms with Gasteiger partial charge in [-0.1, -0.05) is 18.2 Å². The minimum Gasteiger partial charge on any atom is -0.368 e. The predicted molar refractivity (Wildman–Crippen MR) is 124 cm³/mol. The number of nitrogens with zero attached hydrogens (tertiary/aromatic N) is 5. The number of amides is 2. The average Bonchev–Trinajstić information content (AvgIpc) is 2.83. The van der Waals surface area contributed by atoms with Gasteiger partial charge < -0.3 is 20.3 Å². The lowest BCUT2D eigenvalue weighted by Gasteiger charge is -2.32. The Morgan fingerprint density at radius 2 is 1.94 bits per heavy atom. The minimum absolute atomic E-state index is 0.156. The van der Waals surface area contributed by atoms with Gasteiger partial charge in [0.15, 0.2) is 0 Å². The first-order valence-electron chi connectivity index (χ1n) is 10.6. The van der Waals surface area contributed by atoms with E-state index in [0.29, 0.717) is 36.9 Å². The van der Waals surface area contributed by atoms with Gasteiger partial charge in [0.1, 0.15) is 11.8 Å². The summed E-state index contributed by atoms with van der Waals surface area (Å²) in [5.74, 6) is -0.129. The standard InChI is InChI=1S/C24H26N6O3/c1-15-11-20(28-24(27-15)29(2)3)23(32)30-9-10-33-21(14-30)19-8-7-18(13-26-19)16-5-4-6-17(12-16)22(25)31/h4-8,11-13,21H,9-10,14H2,1-3H3,(H2,25,31)/t21-/m1/s1. The van der Waals surface area contributed by atoms with Crippen LogP contribution in [-0.2, 0) is 4.74 Å². The first-order chi connectivity index (χ1) is 15.8. The third-order valence-electron chi connectivity index (χ3n) is 5.41. The maximum atomic E-state index is 13.1. The number of benzene rings is 1. The van der Waals surface area contributed by atoms with Crippen LogP contribution < -0.4 is 10.6 Å². The van der Waals surface area contributed by atoms with Gasteiger partial charge in [-0.15, -0.1) is 0 Å². The Bertz CT molecular complexity index is 1180. The quantitative estimate of drug-likeness (QED) is 0.639. The number of aromatic nitrogens is 3. The predicted octanol–water partition coefficient (Wildman–Crippen LogP) is 2.23. The number of carbonyl (C=O) groups excluding carboxylic acids is 2. The summed E-state index contributed by atoms with van der Waals surface area (Å²) in [5, 5.41) is 0. The van der Waals surface area contributed by atoms with Crippen molar-refractivity contribution in [2.45, 2.75) is 13.0 Å². The molecule has 1 atom stereocenters. The molecule has 0 bridgehead atoms. The summed E-state index contributed by atoms with van der Waals surface area (Å²) in [6.45, 7) is 3.11. The molecule has 1 aromatic carbocycles. The molecule has 9 nitrogen and oxygen atoms in total. The number of hydrogen-bond donors (Lipinski definition) is 1. The summed E-state index contributed by atoms with van der Waals surface area (Å²) < 4.78 is 5.90. The number of rotatable bonds is 5. The lowest BCUT2D eigenvalue weighted by atomic mass is 10.0. The molecule has 4 rings (SSSR count). The van der Waals surface area contributed by atoms with E-state index in [1.54, 1.807) is 40.3 Å². The summed E-state index contributed by atoms with van der Waals surface area (Å²) >= 11 is 0. The fraction of sp³-hybridized carbons (Fsp3) is 0.292. The fourth-order valence-electron chi connectivity index (χ4n) is 3.66. The molecular weight excluding hydrogens is 420 g/mol. The molecule has 1 aliphatic rings. The van der Waals surface area contributed by atoms with Crippen molar-refractivity contribution in [1.82, 2.24) is 19.9 Å². The second-order valence-electron chi connectivity index (χ2n) is 8.12. The fourth-order valence-corrected chi connectivity index (χ4v) is 3.66. The monoisotopic (exact) mass is 446 g/mol. The van der Waals surface area contributed by atoms with E-state index in [-0.39, 0.29) is 12.0 Å². The second kappa shape index (κ2) is 9.33. The van der Waals surface area contributed by atoms with E-state index >= 15 is 0 Å². The number of carbonyl (C=O) groups is 2. The van der Waals surface area contributed by atoms with E-state index < -0.39 is 5.91 Å². The number of anilines is 1. The molecule has 1 aliphatic heterocycles. The molecule has 9 heteroatoms. The summed E-state index contributed by atoms with van der Waals surface area (Å²) in [6.07, 6.45) is 1.39. The molecule has 170 valence electrons. The summed E-state index contributed by atoms with van der Waals surface area (Å²) in [5.41, 5.74) is 9.36. The zero-order valence-electron chi connectivity index (χ0n) is 18.9. The van der Waals surface area contributed by atoms with E-state index in [2.05, 4.69) is 15.0 Å². The number of nitrogens with two attached hydrogens (primary N) is 1. The Morgan fingerprint density at radius 1 is 1.12 bits per heavy atom. The maximum Gasteiger partial charge on any atom is 0.272 e. The third-order valence-corrected chi connectivity index (χ3v) is 5.41. The van der Waals surface area contributed by atoms with E-state index in [1.807, 2.05) is 39.2 Å². The molecule has 33 heavy (non-hydrogen) atoms. The third kappa shape index (κ3) is 4.98. The molecule has 1 fully saturated rings. The maximum absolute atomic E-state index is 13.1. The highest BCUT2D eigenvalue weighted by atomic mass is 16.5. The molecule has 3 heterocycles. The lowest BCUT2D eigenvalue weighted by Crippen LogP contribution is -2.42. The Kier molecular flexibility index (Phi) is 6.32. The van der Waals surface area contributed by atoms with Gasteiger partial charge in [-0.2, -0.15) is 0 Å². The van der Waals surface area contributed by atoms with Crippen LogP contribution in [0.5, 0.6) is 0 Å². The first kappa shape index (κ1) is 22.3. The highest BCUT2D eigenvalue weighted by molar-refractivity contribution is 5.94. The van der Waals surface area contributed by atoms with Crippen LogP contribution in [0.3, 0.4) is 0 Å². The van der Waals surface area contributed by atoms with Crippen molar-refractivity contribution in [1.29, 1.82) is 0 Å². The van der Waals surface area contributed by atoms with Crippen LogP contribution in [0.15, 0.2) is 48.7 Å². The van der Waals surface area contributed by atoms with Gasteiger partial charge in [0.2, 0.25) is 11.9 Å².